The van der Waals surface area contributed by atoms with Gasteiger partial charge in [0.1, 0.15) is 11.5 Å². The average Bonchev–Trinajstić information content (AvgIpc) is 2.94. The number of halogens is 1. The Bertz CT molecular complexity index is 855. The first-order valence-electron chi connectivity index (χ1n) is 6.86. The van der Waals surface area contributed by atoms with E-state index in [1.165, 1.54) is 10.7 Å². The Morgan fingerprint density at radius 1 is 1.09 bits per heavy atom. The Balaban J connectivity index is 2.31. The van der Waals surface area contributed by atoms with E-state index in [9.17, 15) is 9.18 Å². The van der Waals surface area contributed by atoms with E-state index in [2.05, 4.69) is 10.3 Å². The van der Waals surface area contributed by atoms with E-state index in [1.807, 2.05) is 32.0 Å². The van der Waals surface area contributed by atoms with Crippen molar-refractivity contribution in [2.45, 2.75) is 13.8 Å². The molecule has 0 saturated heterocycles. The Morgan fingerprint density at radius 3 is 2.59 bits per heavy atom. The zero-order chi connectivity index (χ0) is 15.7. The van der Waals surface area contributed by atoms with Crippen molar-refractivity contribution < 1.29 is 9.18 Å². The highest BCUT2D eigenvalue weighted by atomic mass is 19.1. The van der Waals surface area contributed by atoms with Crippen LogP contribution in [0.3, 0.4) is 0 Å². The molecular formula is C17H14FN3O. The van der Waals surface area contributed by atoms with Crippen molar-refractivity contribution in [3.63, 3.8) is 0 Å². The minimum Gasteiger partial charge on any atom is -0.296 e. The fraction of sp³-hybridized carbons (Fsp3) is 0.118. The van der Waals surface area contributed by atoms with Gasteiger partial charge in [-0.2, -0.15) is 0 Å². The summed E-state index contributed by atoms with van der Waals surface area (Å²) in [5.41, 5.74) is 3.64. The maximum absolute atomic E-state index is 14.2. The molecule has 3 aromatic rings. The number of hydrogen-bond acceptors (Lipinski definition) is 3. The van der Waals surface area contributed by atoms with E-state index in [-0.39, 0.29) is 5.69 Å². The van der Waals surface area contributed by atoms with Gasteiger partial charge < -0.3 is 0 Å². The van der Waals surface area contributed by atoms with Crippen molar-refractivity contribution >= 4 is 6.29 Å². The van der Waals surface area contributed by atoms with Gasteiger partial charge in [-0.25, -0.2) is 9.07 Å². The van der Waals surface area contributed by atoms with Crippen molar-refractivity contribution in [3.8, 4) is 16.9 Å². The molecule has 4 nitrogen and oxygen atoms in total. The third-order valence-electron chi connectivity index (χ3n) is 3.74. The lowest BCUT2D eigenvalue weighted by molar-refractivity contribution is 0.111. The number of carbonyl (C=O) groups is 1. The molecule has 2 aromatic carbocycles. The second-order valence-electron chi connectivity index (χ2n) is 5.05. The van der Waals surface area contributed by atoms with Gasteiger partial charge in [0.15, 0.2) is 12.0 Å². The van der Waals surface area contributed by atoms with Gasteiger partial charge >= 0.3 is 0 Å². The zero-order valence-electron chi connectivity index (χ0n) is 12.2. The lowest BCUT2D eigenvalue weighted by Crippen LogP contribution is -2.04. The van der Waals surface area contributed by atoms with Crippen molar-refractivity contribution in [3.05, 3.63) is 65.1 Å². The van der Waals surface area contributed by atoms with E-state index in [4.69, 9.17) is 0 Å². The summed E-state index contributed by atoms with van der Waals surface area (Å²) in [4.78, 5) is 11.3. The molecule has 0 N–H and O–H groups in total. The summed E-state index contributed by atoms with van der Waals surface area (Å²) < 4.78 is 15.7. The van der Waals surface area contributed by atoms with Crippen LogP contribution < -0.4 is 0 Å². The van der Waals surface area contributed by atoms with Crippen LogP contribution in [-0.4, -0.2) is 21.3 Å². The number of carbonyl (C=O) groups excluding carboxylic acids is 1. The number of aldehydes is 1. The molecule has 1 heterocycles. The summed E-state index contributed by atoms with van der Waals surface area (Å²) >= 11 is 0. The quantitative estimate of drug-likeness (QED) is 0.695. The maximum atomic E-state index is 14.2. The van der Waals surface area contributed by atoms with E-state index in [1.54, 1.807) is 18.2 Å². The largest absolute Gasteiger partial charge is 0.296 e. The van der Waals surface area contributed by atoms with Crippen molar-refractivity contribution in [2.75, 3.05) is 0 Å². The van der Waals surface area contributed by atoms with Crippen LogP contribution in [0.5, 0.6) is 0 Å². The molecule has 0 bridgehead atoms. The second-order valence-corrected chi connectivity index (χ2v) is 5.05. The van der Waals surface area contributed by atoms with E-state index >= 15 is 0 Å². The predicted octanol–water partition coefficient (Wildman–Crippen LogP) is 3.50. The van der Waals surface area contributed by atoms with Crippen LogP contribution in [-0.2, 0) is 0 Å². The molecule has 0 unspecified atom stereocenters. The third kappa shape index (κ3) is 2.20. The van der Waals surface area contributed by atoms with Crippen molar-refractivity contribution in [1.82, 2.24) is 15.0 Å². The van der Waals surface area contributed by atoms with Crippen molar-refractivity contribution in [1.29, 1.82) is 0 Å². The summed E-state index contributed by atoms with van der Waals surface area (Å²) in [6, 6.07) is 12.0. The number of aryl methyl sites for hydroxylation is 1. The summed E-state index contributed by atoms with van der Waals surface area (Å²) in [7, 11) is 0. The smallest absolute Gasteiger partial charge is 0.172 e. The summed E-state index contributed by atoms with van der Waals surface area (Å²) in [5.74, 6) is -0.417. The number of benzene rings is 2. The monoisotopic (exact) mass is 295 g/mol. The minimum atomic E-state index is -0.417. The highest BCUT2D eigenvalue weighted by molar-refractivity contribution is 5.84. The molecule has 0 radical (unpaired) electrons. The van der Waals surface area contributed by atoms with Crippen LogP contribution >= 0.6 is 0 Å². The highest BCUT2D eigenvalue weighted by Gasteiger charge is 2.19. The number of nitrogens with zero attached hydrogens (tertiary/aromatic N) is 3. The zero-order valence-corrected chi connectivity index (χ0v) is 12.2. The predicted molar refractivity (Wildman–Crippen MR) is 81.6 cm³/mol. The van der Waals surface area contributed by atoms with Gasteiger partial charge in [-0.05, 0) is 43.2 Å². The normalized spacial score (nSPS) is 10.7. The van der Waals surface area contributed by atoms with Gasteiger partial charge in [0.25, 0.3) is 0 Å². The molecule has 0 spiro atoms. The fourth-order valence-electron chi connectivity index (χ4n) is 2.41. The Hall–Kier alpha value is -2.82. The molecule has 22 heavy (non-hydrogen) atoms. The van der Waals surface area contributed by atoms with E-state index in [0.29, 0.717) is 17.5 Å². The van der Waals surface area contributed by atoms with Gasteiger partial charge in [-0.15, -0.1) is 5.10 Å². The van der Waals surface area contributed by atoms with Crippen LogP contribution in [0.25, 0.3) is 16.9 Å². The van der Waals surface area contributed by atoms with E-state index < -0.39 is 5.82 Å². The molecule has 1 aromatic heterocycles. The second kappa shape index (κ2) is 5.52. The van der Waals surface area contributed by atoms with E-state index in [0.717, 1.165) is 16.8 Å². The first-order valence-corrected chi connectivity index (χ1v) is 6.86. The van der Waals surface area contributed by atoms with Gasteiger partial charge in [0, 0.05) is 5.56 Å². The summed E-state index contributed by atoms with van der Waals surface area (Å²) in [6.07, 6.45) is 0.594. The number of aromatic nitrogens is 3. The molecule has 0 fully saturated rings. The maximum Gasteiger partial charge on any atom is 0.172 e. The van der Waals surface area contributed by atoms with Crippen LogP contribution in [0.4, 0.5) is 4.39 Å². The molecule has 110 valence electrons. The van der Waals surface area contributed by atoms with Crippen LogP contribution in [0, 0.1) is 19.7 Å². The lowest BCUT2D eigenvalue weighted by Gasteiger charge is -2.12. The molecule has 0 saturated carbocycles. The van der Waals surface area contributed by atoms with Gasteiger partial charge in [0.2, 0.25) is 0 Å². The topological polar surface area (TPSA) is 47.8 Å². The molecule has 3 rings (SSSR count). The first-order chi connectivity index (χ1) is 10.6. The lowest BCUT2D eigenvalue weighted by atomic mass is 10.1. The van der Waals surface area contributed by atoms with Gasteiger partial charge in [-0.1, -0.05) is 29.5 Å². The van der Waals surface area contributed by atoms with Gasteiger partial charge in [-0.3, -0.25) is 4.79 Å². The Kier molecular flexibility index (Phi) is 3.55. The first kappa shape index (κ1) is 14.1. The molecule has 0 aliphatic heterocycles. The van der Waals surface area contributed by atoms with Crippen molar-refractivity contribution in [2.24, 2.45) is 0 Å². The standard InChI is InChI=1S/C17H14FN3O/c1-11-6-5-9-16(12(11)2)21-17(15(10-22)19-20-21)13-7-3-4-8-14(13)18/h3-10H,1-2H3. The SMILES string of the molecule is Cc1cccc(-n2nnc(C=O)c2-c2ccccc2F)c1C. The third-order valence-corrected chi connectivity index (χ3v) is 3.74. The molecule has 0 amide bonds. The van der Waals surface area contributed by atoms with Gasteiger partial charge in [0.05, 0.1) is 5.69 Å². The Labute approximate surface area is 127 Å². The van der Waals surface area contributed by atoms with Crippen LogP contribution in [0.1, 0.15) is 21.6 Å². The Morgan fingerprint density at radius 2 is 1.86 bits per heavy atom. The highest BCUT2D eigenvalue weighted by Crippen LogP contribution is 2.28. The number of rotatable bonds is 3. The minimum absolute atomic E-state index is 0.117. The summed E-state index contributed by atoms with van der Waals surface area (Å²) in [6.45, 7) is 3.94. The molecular weight excluding hydrogens is 281 g/mol. The number of hydrogen-bond donors (Lipinski definition) is 0. The molecule has 0 atom stereocenters. The van der Waals surface area contributed by atoms with Crippen LogP contribution in [0.2, 0.25) is 0 Å². The molecule has 5 heteroatoms. The molecule has 0 aliphatic carbocycles. The van der Waals surface area contributed by atoms with Crippen LogP contribution in [0.15, 0.2) is 42.5 Å². The fourth-order valence-corrected chi connectivity index (χ4v) is 2.41. The molecule has 0 aliphatic rings. The summed E-state index contributed by atoms with van der Waals surface area (Å²) in [5, 5.41) is 7.92. The average molecular weight is 295 g/mol.